The van der Waals surface area contributed by atoms with Gasteiger partial charge in [0.2, 0.25) is 0 Å². The van der Waals surface area contributed by atoms with Gasteiger partial charge in [0.1, 0.15) is 6.28 Å². The number of hydrogen-bond acceptors (Lipinski definition) is 10. The Kier molecular flexibility index (Phi) is 22.9. The molecule has 0 nitrogen and oxygen atoms in total. The molecule has 192 valence electrons. The topological polar surface area (TPSA) is 0 Å². The normalized spacial score (nSPS) is 10.9. The SMILES string of the molecule is CCCC[P+](CCCC)(CCCC)CCCC.S=c1sc(S)c(S)s1.S=c1sc(S)c(S)s1. The summed E-state index contributed by atoms with van der Waals surface area (Å²) in [6.45, 7) is 9.42. The van der Waals surface area contributed by atoms with E-state index in [9.17, 15) is 0 Å². The molecule has 0 saturated heterocycles. The molecule has 2 aromatic rings. The number of unbranched alkanes of at least 4 members (excludes halogenated alkanes) is 4. The van der Waals surface area contributed by atoms with Crippen LogP contribution < -0.4 is 0 Å². The first-order valence-electron chi connectivity index (χ1n) is 11.5. The Hall–Kier alpha value is 2.37. The summed E-state index contributed by atoms with van der Waals surface area (Å²) < 4.78 is 5.46. The molecule has 33 heavy (non-hydrogen) atoms. The maximum atomic E-state index is 4.86. The van der Waals surface area contributed by atoms with E-state index in [-0.39, 0.29) is 0 Å². The first kappa shape index (κ1) is 35.4. The number of hydrogen-bond donors (Lipinski definition) is 4. The molecule has 0 N–H and O–H groups in total. The largest absolute Gasteiger partial charge is 0.145 e. The highest BCUT2D eigenvalue weighted by Crippen LogP contribution is 2.61. The summed E-state index contributed by atoms with van der Waals surface area (Å²) >= 11 is 32.1. The van der Waals surface area contributed by atoms with Crippen LogP contribution in [-0.4, -0.2) is 24.6 Å². The number of thiol groups is 4. The Labute approximate surface area is 251 Å². The molecule has 0 aliphatic rings. The lowest BCUT2D eigenvalue weighted by molar-refractivity contribution is 0.814. The Bertz CT molecular complexity index is 713. The van der Waals surface area contributed by atoms with E-state index in [2.05, 4.69) is 78.2 Å². The van der Waals surface area contributed by atoms with Crippen LogP contribution in [-0.2, 0) is 0 Å². The third-order valence-corrected chi connectivity index (χ3v) is 17.6. The van der Waals surface area contributed by atoms with E-state index in [1.54, 1.807) is 24.6 Å². The zero-order chi connectivity index (χ0) is 25.3. The van der Waals surface area contributed by atoms with Crippen LogP contribution in [0.15, 0.2) is 16.8 Å². The van der Waals surface area contributed by atoms with Crippen molar-refractivity contribution >= 4 is 128 Å². The van der Waals surface area contributed by atoms with E-state index >= 15 is 0 Å². The van der Waals surface area contributed by atoms with Crippen LogP contribution in [0.1, 0.15) is 79.1 Å². The number of rotatable bonds is 12. The molecule has 0 amide bonds. The lowest BCUT2D eigenvalue weighted by Gasteiger charge is -2.28. The molecule has 0 bridgehead atoms. The van der Waals surface area contributed by atoms with Crippen molar-refractivity contribution in [3.05, 3.63) is 6.28 Å². The standard InChI is InChI=1S/C16H36P.2C3H2S5/c1-5-9-13-17(14-10-6-2,15-11-7-3)16-12-8-4;2*4-1-2(5)8-3(6)7-1/h5-16H2,1-4H3;2*4-5H/q+1;;. The molecule has 0 fully saturated rings. The van der Waals surface area contributed by atoms with Gasteiger partial charge in [0, 0.05) is 7.26 Å². The fraction of sp³-hybridized carbons (Fsp3) is 0.727. The van der Waals surface area contributed by atoms with E-state index in [1.165, 1.54) is 96.7 Å². The van der Waals surface area contributed by atoms with E-state index < -0.39 is 7.26 Å². The highest BCUT2D eigenvalue weighted by atomic mass is 32.2. The first-order chi connectivity index (χ1) is 15.6. The minimum absolute atomic E-state index is 0.562. The van der Waals surface area contributed by atoms with Gasteiger partial charge in [-0.15, -0.1) is 95.9 Å². The molecule has 0 radical (unpaired) electrons. The van der Waals surface area contributed by atoms with Crippen LogP contribution >= 0.6 is 128 Å². The third kappa shape index (κ3) is 16.7. The lowest BCUT2D eigenvalue weighted by Crippen LogP contribution is -2.12. The molecule has 0 saturated carbocycles. The fourth-order valence-corrected chi connectivity index (χ4v) is 15.4. The van der Waals surface area contributed by atoms with Crippen molar-refractivity contribution in [2.75, 3.05) is 24.6 Å². The van der Waals surface area contributed by atoms with Crippen molar-refractivity contribution in [1.29, 1.82) is 0 Å². The molecule has 2 rings (SSSR count). The van der Waals surface area contributed by atoms with Crippen LogP contribution in [0.4, 0.5) is 0 Å². The summed E-state index contributed by atoms with van der Waals surface area (Å²) in [5, 5.41) is 0. The van der Waals surface area contributed by atoms with E-state index in [0.717, 1.165) is 23.1 Å². The molecule has 0 aliphatic heterocycles. The van der Waals surface area contributed by atoms with Gasteiger partial charge in [0.15, 0.2) is 0 Å². The van der Waals surface area contributed by atoms with Crippen LogP contribution in [0.25, 0.3) is 0 Å². The van der Waals surface area contributed by atoms with Gasteiger partial charge in [-0.3, -0.25) is 0 Å². The van der Waals surface area contributed by atoms with Crippen molar-refractivity contribution < 1.29 is 0 Å². The van der Waals surface area contributed by atoms with Crippen LogP contribution in [0, 0.1) is 6.28 Å². The van der Waals surface area contributed by atoms with E-state index in [1.807, 2.05) is 0 Å². The summed E-state index contributed by atoms with van der Waals surface area (Å²) in [6.07, 6.45) is 17.9. The Morgan fingerprint density at radius 3 is 0.848 bits per heavy atom. The highest BCUT2D eigenvalue weighted by Gasteiger charge is 2.34. The summed E-state index contributed by atoms with van der Waals surface area (Å²) in [7, 11) is -0.562. The molecule has 2 aromatic heterocycles. The lowest BCUT2D eigenvalue weighted by atomic mass is 10.4. The Morgan fingerprint density at radius 1 is 0.515 bits per heavy atom. The first-order valence-corrected chi connectivity index (χ1v) is 19.9. The zero-order valence-electron chi connectivity index (χ0n) is 20.2. The van der Waals surface area contributed by atoms with Crippen molar-refractivity contribution in [2.45, 2.75) is 95.9 Å². The van der Waals surface area contributed by atoms with Gasteiger partial charge in [0.05, 0.1) is 41.5 Å². The predicted molar refractivity (Wildman–Crippen MR) is 181 cm³/mol. The average Bonchev–Trinajstić information content (AvgIpc) is 3.24. The molecule has 0 spiro atoms. The maximum Gasteiger partial charge on any atom is 0.145 e. The summed E-state index contributed by atoms with van der Waals surface area (Å²) in [4.78, 5) is 0. The average molecular weight is 656 g/mol. The van der Waals surface area contributed by atoms with Crippen molar-refractivity contribution in [3.63, 3.8) is 0 Å². The smallest absolute Gasteiger partial charge is 0.131 e. The molecule has 0 aliphatic carbocycles. The monoisotopic (exact) mass is 655 g/mol. The van der Waals surface area contributed by atoms with Gasteiger partial charge in [0.25, 0.3) is 0 Å². The Balaban J connectivity index is 0.000000525. The van der Waals surface area contributed by atoms with Crippen LogP contribution in [0.2, 0.25) is 0 Å². The van der Waals surface area contributed by atoms with E-state index in [4.69, 9.17) is 24.4 Å². The predicted octanol–water partition coefficient (Wildman–Crippen LogP) is 12.4. The summed E-state index contributed by atoms with van der Waals surface area (Å²) in [5.74, 6) is 0. The molecule has 2 heterocycles. The molecule has 11 heteroatoms. The molecular formula is C22H40PS10+. The highest BCUT2D eigenvalue weighted by molar-refractivity contribution is 7.89. The van der Waals surface area contributed by atoms with Crippen LogP contribution in [0.3, 0.4) is 0 Å². The van der Waals surface area contributed by atoms with Gasteiger partial charge in [-0.25, -0.2) is 0 Å². The van der Waals surface area contributed by atoms with E-state index in [0.29, 0.717) is 0 Å². The third-order valence-electron chi connectivity index (χ3n) is 5.03. The zero-order valence-corrected chi connectivity index (χ0v) is 29.5. The van der Waals surface area contributed by atoms with Crippen molar-refractivity contribution in [1.82, 2.24) is 0 Å². The van der Waals surface area contributed by atoms with Crippen molar-refractivity contribution in [3.8, 4) is 0 Å². The molecule has 0 unspecified atom stereocenters. The maximum absolute atomic E-state index is 4.86. The van der Waals surface area contributed by atoms with Gasteiger partial charge in [-0.05, 0) is 25.7 Å². The second-order valence-corrected chi connectivity index (χ2v) is 21.7. The molecule has 0 atom stereocenters. The second kappa shape index (κ2) is 21.3. The summed E-state index contributed by atoms with van der Waals surface area (Å²) in [6, 6.07) is 0. The van der Waals surface area contributed by atoms with Gasteiger partial charge in [-0.2, -0.15) is 0 Å². The van der Waals surface area contributed by atoms with Gasteiger partial charge >= 0.3 is 0 Å². The minimum Gasteiger partial charge on any atom is -0.131 e. The summed E-state index contributed by atoms with van der Waals surface area (Å²) in [5.41, 5.74) is 0. The minimum atomic E-state index is -0.562. The second-order valence-electron chi connectivity index (χ2n) is 7.78. The van der Waals surface area contributed by atoms with Crippen LogP contribution in [0.5, 0.6) is 0 Å². The Morgan fingerprint density at radius 2 is 0.727 bits per heavy atom. The fourth-order valence-electron chi connectivity index (χ4n) is 3.18. The molecule has 0 aromatic carbocycles. The van der Waals surface area contributed by atoms with Crippen molar-refractivity contribution in [2.24, 2.45) is 0 Å². The quantitative estimate of drug-likeness (QED) is 0.102. The van der Waals surface area contributed by atoms with Gasteiger partial charge < -0.3 is 0 Å². The van der Waals surface area contributed by atoms with Gasteiger partial charge in [-0.1, -0.05) is 77.8 Å². The molecular weight excluding hydrogens is 616 g/mol.